The van der Waals surface area contributed by atoms with Crippen LogP contribution in [0.2, 0.25) is 0 Å². The monoisotopic (exact) mass is 399 g/mol. The van der Waals surface area contributed by atoms with Crippen molar-refractivity contribution in [1.29, 1.82) is 0 Å². The van der Waals surface area contributed by atoms with Gasteiger partial charge in [0.1, 0.15) is 19.0 Å². The Bertz CT molecular complexity index is 786. The molecule has 0 saturated carbocycles. The maximum atomic E-state index is 13.0. The van der Waals surface area contributed by atoms with Gasteiger partial charge in [0.15, 0.2) is 0 Å². The van der Waals surface area contributed by atoms with E-state index >= 15 is 0 Å². The Balaban J connectivity index is 1.79. The minimum atomic E-state index is -0.751. The summed E-state index contributed by atoms with van der Waals surface area (Å²) in [4.78, 5) is 27.6. The molecule has 29 heavy (non-hydrogen) atoms. The average molecular weight is 399 g/mol. The fourth-order valence-corrected chi connectivity index (χ4v) is 3.85. The van der Waals surface area contributed by atoms with Gasteiger partial charge in [0.25, 0.3) is 5.91 Å². The minimum Gasteiger partial charge on any atom is -0.491 e. The molecule has 0 radical (unpaired) electrons. The zero-order valence-corrected chi connectivity index (χ0v) is 17.2. The first-order chi connectivity index (χ1) is 14.1. The Labute approximate surface area is 172 Å². The highest BCUT2D eigenvalue weighted by atomic mass is 16.6. The molecule has 6 heteroatoms. The predicted octanol–water partition coefficient (Wildman–Crippen LogP) is 3.54. The van der Waals surface area contributed by atoms with E-state index in [0.717, 1.165) is 12.0 Å². The number of amides is 1. The molecule has 3 rings (SSSR count). The van der Waals surface area contributed by atoms with Gasteiger partial charge in [-0.15, -0.1) is 0 Å². The summed E-state index contributed by atoms with van der Waals surface area (Å²) in [7, 11) is 0. The van der Waals surface area contributed by atoms with Gasteiger partial charge < -0.3 is 19.1 Å². The third-order valence-electron chi connectivity index (χ3n) is 5.35. The average Bonchev–Trinajstić information content (AvgIpc) is 2.75. The van der Waals surface area contributed by atoms with Crippen LogP contribution in [-0.4, -0.2) is 49.7 Å². The summed E-state index contributed by atoms with van der Waals surface area (Å²) in [5.41, 5.74) is 0.322. The summed E-state index contributed by atoms with van der Waals surface area (Å²) in [6.07, 6.45) is 5.94. The van der Waals surface area contributed by atoms with Crippen LogP contribution in [0, 0.1) is 5.41 Å². The van der Waals surface area contributed by atoms with Crippen LogP contribution in [0.5, 0.6) is 0 Å². The molecule has 2 heterocycles. The van der Waals surface area contributed by atoms with Crippen LogP contribution in [0.3, 0.4) is 0 Å². The minimum absolute atomic E-state index is 0.220. The number of rotatable bonds is 6. The fourth-order valence-electron chi connectivity index (χ4n) is 3.85. The van der Waals surface area contributed by atoms with E-state index in [2.05, 4.69) is 0 Å². The molecule has 1 fully saturated rings. The van der Waals surface area contributed by atoms with Crippen molar-refractivity contribution in [2.24, 2.45) is 5.41 Å². The lowest BCUT2D eigenvalue weighted by atomic mass is 9.76. The summed E-state index contributed by atoms with van der Waals surface area (Å²) in [6.45, 7) is 5.55. The van der Waals surface area contributed by atoms with Crippen molar-refractivity contribution in [2.45, 2.75) is 33.1 Å². The van der Waals surface area contributed by atoms with E-state index in [1.165, 1.54) is 0 Å². The molecule has 156 valence electrons. The van der Waals surface area contributed by atoms with E-state index in [0.29, 0.717) is 51.5 Å². The van der Waals surface area contributed by atoms with Gasteiger partial charge in [-0.25, -0.2) is 0 Å². The Kier molecular flexibility index (Phi) is 6.96. The van der Waals surface area contributed by atoms with E-state index < -0.39 is 5.41 Å². The zero-order valence-electron chi connectivity index (χ0n) is 17.2. The highest BCUT2D eigenvalue weighted by Crippen LogP contribution is 2.36. The second-order valence-corrected chi connectivity index (χ2v) is 7.43. The van der Waals surface area contributed by atoms with Crippen molar-refractivity contribution in [3.8, 4) is 0 Å². The summed E-state index contributed by atoms with van der Waals surface area (Å²) < 4.78 is 16.4. The SMILES string of the molecule is CCOC(=O)[C@@]1(C/C=C/c2ccccc2)CCCN(C(=O)C2=C(C)OCCO2)C1. The van der Waals surface area contributed by atoms with Crippen LogP contribution in [0.25, 0.3) is 6.08 Å². The number of nitrogens with zero attached hydrogens (tertiary/aromatic N) is 1. The molecule has 2 aliphatic rings. The first kappa shape index (κ1) is 21.0. The van der Waals surface area contributed by atoms with E-state index in [1.54, 1.807) is 18.7 Å². The van der Waals surface area contributed by atoms with E-state index in [-0.39, 0.29) is 17.6 Å². The number of esters is 1. The topological polar surface area (TPSA) is 65.1 Å². The van der Waals surface area contributed by atoms with Crippen LogP contribution >= 0.6 is 0 Å². The zero-order chi connectivity index (χ0) is 20.7. The molecule has 1 aromatic carbocycles. The van der Waals surface area contributed by atoms with Crippen molar-refractivity contribution in [3.05, 3.63) is 53.5 Å². The molecule has 0 unspecified atom stereocenters. The number of piperidine rings is 1. The van der Waals surface area contributed by atoms with Gasteiger partial charge >= 0.3 is 5.97 Å². The summed E-state index contributed by atoms with van der Waals surface area (Å²) in [6, 6.07) is 9.95. The molecular weight excluding hydrogens is 370 g/mol. The fraction of sp³-hybridized carbons (Fsp3) is 0.478. The van der Waals surface area contributed by atoms with Gasteiger partial charge in [-0.2, -0.15) is 0 Å². The lowest BCUT2D eigenvalue weighted by molar-refractivity contribution is -0.160. The first-order valence-corrected chi connectivity index (χ1v) is 10.2. The van der Waals surface area contributed by atoms with Gasteiger partial charge in [-0.3, -0.25) is 9.59 Å². The number of likely N-dealkylation sites (tertiary alicyclic amines) is 1. The van der Waals surface area contributed by atoms with Gasteiger partial charge in [0.2, 0.25) is 5.76 Å². The van der Waals surface area contributed by atoms with Crippen molar-refractivity contribution >= 4 is 18.0 Å². The molecule has 0 N–H and O–H groups in total. The van der Waals surface area contributed by atoms with Crippen molar-refractivity contribution in [2.75, 3.05) is 32.9 Å². The van der Waals surface area contributed by atoms with Gasteiger partial charge in [0, 0.05) is 13.1 Å². The van der Waals surface area contributed by atoms with E-state index in [1.807, 2.05) is 42.5 Å². The Morgan fingerprint density at radius 1 is 1.21 bits per heavy atom. The predicted molar refractivity (Wildman–Crippen MR) is 110 cm³/mol. The van der Waals surface area contributed by atoms with Gasteiger partial charge in [-0.05, 0) is 38.7 Å². The number of hydrogen-bond acceptors (Lipinski definition) is 5. The number of hydrogen-bond donors (Lipinski definition) is 0. The third-order valence-corrected chi connectivity index (χ3v) is 5.35. The molecule has 0 bridgehead atoms. The van der Waals surface area contributed by atoms with Gasteiger partial charge in [-0.1, -0.05) is 42.5 Å². The molecule has 0 aromatic heterocycles. The van der Waals surface area contributed by atoms with Crippen LogP contribution < -0.4 is 0 Å². The van der Waals surface area contributed by atoms with Crippen LogP contribution in [0.4, 0.5) is 0 Å². The molecule has 1 saturated heterocycles. The van der Waals surface area contributed by atoms with Crippen molar-refractivity contribution in [3.63, 3.8) is 0 Å². The second kappa shape index (κ2) is 9.63. The quantitative estimate of drug-likeness (QED) is 0.685. The number of allylic oxidation sites excluding steroid dienone is 2. The molecule has 1 atom stereocenters. The molecule has 0 aliphatic carbocycles. The number of ether oxygens (including phenoxy) is 3. The number of benzene rings is 1. The molecular formula is C23H29NO5. The van der Waals surface area contributed by atoms with E-state index in [4.69, 9.17) is 14.2 Å². The van der Waals surface area contributed by atoms with E-state index in [9.17, 15) is 9.59 Å². The molecule has 6 nitrogen and oxygen atoms in total. The normalized spacial score (nSPS) is 22.2. The smallest absolute Gasteiger partial charge is 0.314 e. The van der Waals surface area contributed by atoms with Crippen molar-refractivity contribution in [1.82, 2.24) is 4.90 Å². The molecule has 1 aromatic rings. The number of carbonyl (C=O) groups is 2. The highest BCUT2D eigenvalue weighted by Gasteiger charge is 2.44. The Morgan fingerprint density at radius 2 is 1.97 bits per heavy atom. The summed E-state index contributed by atoms with van der Waals surface area (Å²) in [5.74, 6) is 0.276. The molecule has 2 aliphatic heterocycles. The third kappa shape index (κ3) is 5.00. The standard InChI is InChI=1S/C23H29NO5/c1-3-27-22(26)23(12-7-11-19-9-5-4-6-10-19)13-8-14-24(17-23)21(25)20-18(2)28-15-16-29-20/h4-7,9-11H,3,8,12-17H2,1-2H3/b11-7+/t23-/m0/s1. The van der Waals surface area contributed by atoms with Crippen LogP contribution in [0.1, 0.15) is 38.7 Å². The maximum Gasteiger partial charge on any atom is 0.314 e. The first-order valence-electron chi connectivity index (χ1n) is 10.2. The lowest BCUT2D eigenvalue weighted by Crippen LogP contribution is -2.51. The second-order valence-electron chi connectivity index (χ2n) is 7.43. The molecule has 0 spiro atoms. The van der Waals surface area contributed by atoms with Crippen molar-refractivity contribution < 1.29 is 23.8 Å². The highest BCUT2D eigenvalue weighted by molar-refractivity contribution is 5.92. The Morgan fingerprint density at radius 3 is 2.69 bits per heavy atom. The largest absolute Gasteiger partial charge is 0.491 e. The van der Waals surface area contributed by atoms with Crippen LogP contribution in [-0.2, 0) is 23.8 Å². The summed E-state index contributed by atoms with van der Waals surface area (Å²) in [5, 5.41) is 0. The van der Waals surface area contributed by atoms with Crippen LogP contribution in [0.15, 0.2) is 47.9 Å². The maximum absolute atomic E-state index is 13.0. The number of carbonyl (C=O) groups excluding carboxylic acids is 2. The Hall–Kier alpha value is -2.76. The summed E-state index contributed by atoms with van der Waals surface area (Å²) >= 11 is 0. The molecule has 1 amide bonds. The van der Waals surface area contributed by atoms with Gasteiger partial charge in [0.05, 0.1) is 12.0 Å². The lowest BCUT2D eigenvalue weighted by Gasteiger charge is -2.40.